The second-order valence-corrected chi connectivity index (χ2v) is 6.30. The topological polar surface area (TPSA) is 35.6 Å². The third-order valence-electron chi connectivity index (χ3n) is 5.04. The molecule has 4 nitrogen and oxygen atoms in total. The van der Waals surface area contributed by atoms with Gasteiger partial charge in [-0.3, -0.25) is 9.69 Å². The van der Waals surface area contributed by atoms with Crippen LogP contribution in [0.5, 0.6) is 0 Å². The number of nitrogens with one attached hydrogen (secondary N) is 1. The number of amides is 1. The molecule has 0 radical (unpaired) electrons. The highest BCUT2D eigenvalue weighted by Gasteiger charge is 2.30. The van der Waals surface area contributed by atoms with Gasteiger partial charge in [0.1, 0.15) is 0 Å². The summed E-state index contributed by atoms with van der Waals surface area (Å²) in [5, 5.41) is 3.34. The first-order valence-corrected chi connectivity index (χ1v) is 8.11. The summed E-state index contributed by atoms with van der Waals surface area (Å²) in [5.41, 5.74) is 0. The lowest BCUT2D eigenvalue weighted by atomic mass is 10.2. The third kappa shape index (κ3) is 3.11. The zero-order chi connectivity index (χ0) is 13.1. The second-order valence-electron chi connectivity index (χ2n) is 6.30. The van der Waals surface area contributed by atoms with Gasteiger partial charge in [-0.1, -0.05) is 12.8 Å². The lowest BCUT2D eigenvalue weighted by molar-refractivity contribution is -0.132. The molecule has 2 saturated heterocycles. The molecule has 1 aliphatic carbocycles. The summed E-state index contributed by atoms with van der Waals surface area (Å²) in [6.45, 7) is 5.18. The Bertz CT molecular complexity index is 309. The average molecular weight is 265 g/mol. The van der Waals surface area contributed by atoms with Gasteiger partial charge >= 0.3 is 0 Å². The van der Waals surface area contributed by atoms with Gasteiger partial charge in [0.15, 0.2) is 0 Å². The minimum absolute atomic E-state index is 0.109. The molecule has 1 saturated carbocycles. The van der Waals surface area contributed by atoms with Crippen molar-refractivity contribution in [3.63, 3.8) is 0 Å². The molecule has 19 heavy (non-hydrogen) atoms. The minimum atomic E-state index is 0.109. The summed E-state index contributed by atoms with van der Waals surface area (Å²) in [6, 6.07) is 0.915. The second kappa shape index (κ2) is 6.23. The predicted octanol–water partition coefficient (Wildman–Crippen LogP) is 1.22. The van der Waals surface area contributed by atoms with Gasteiger partial charge in [0.05, 0.1) is 6.04 Å². The number of rotatable bonds is 2. The highest BCUT2D eigenvalue weighted by Crippen LogP contribution is 2.24. The molecule has 3 rings (SSSR count). The van der Waals surface area contributed by atoms with Gasteiger partial charge in [-0.2, -0.15) is 0 Å². The molecule has 0 spiro atoms. The maximum atomic E-state index is 12.4. The molecule has 4 heteroatoms. The molecule has 3 aliphatic rings. The van der Waals surface area contributed by atoms with Crippen molar-refractivity contribution in [2.45, 2.75) is 57.0 Å². The maximum Gasteiger partial charge on any atom is 0.239 e. The summed E-state index contributed by atoms with van der Waals surface area (Å²) in [4.78, 5) is 17.2. The Morgan fingerprint density at radius 3 is 2.47 bits per heavy atom. The molecule has 1 atom stereocenters. The van der Waals surface area contributed by atoms with E-state index in [9.17, 15) is 4.79 Å². The Labute approximate surface area is 116 Å². The van der Waals surface area contributed by atoms with Crippen LogP contribution in [0.2, 0.25) is 0 Å². The fourth-order valence-corrected chi connectivity index (χ4v) is 3.91. The summed E-state index contributed by atoms with van der Waals surface area (Å²) in [6.07, 6.45) is 8.87. The van der Waals surface area contributed by atoms with E-state index >= 15 is 0 Å². The SMILES string of the molecule is O=C(C1CCCN1)N1CCCN(C2CCCC2)CC1. The van der Waals surface area contributed by atoms with Crippen LogP contribution >= 0.6 is 0 Å². The molecular formula is C15H27N3O. The van der Waals surface area contributed by atoms with Crippen molar-refractivity contribution in [1.82, 2.24) is 15.1 Å². The molecule has 0 aromatic rings. The number of carbonyl (C=O) groups is 1. The lowest BCUT2D eigenvalue weighted by Crippen LogP contribution is -2.45. The number of hydrogen-bond donors (Lipinski definition) is 1. The van der Waals surface area contributed by atoms with E-state index in [4.69, 9.17) is 0 Å². The van der Waals surface area contributed by atoms with Crippen molar-refractivity contribution in [2.24, 2.45) is 0 Å². The number of hydrogen-bond acceptors (Lipinski definition) is 3. The van der Waals surface area contributed by atoms with Crippen LogP contribution in [0.4, 0.5) is 0 Å². The van der Waals surface area contributed by atoms with Crippen molar-refractivity contribution < 1.29 is 4.79 Å². The number of nitrogens with zero attached hydrogens (tertiary/aromatic N) is 2. The summed E-state index contributed by atoms with van der Waals surface area (Å²) in [5.74, 6) is 0.353. The molecule has 1 amide bonds. The van der Waals surface area contributed by atoms with Gasteiger partial charge in [0.25, 0.3) is 0 Å². The zero-order valence-corrected chi connectivity index (χ0v) is 11.9. The first-order chi connectivity index (χ1) is 9.34. The van der Waals surface area contributed by atoms with Crippen LogP contribution in [-0.2, 0) is 4.79 Å². The minimum Gasteiger partial charge on any atom is -0.340 e. The molecule has 2 heterocycles. The van der Waals surface area contributed by atoms with Crippen LogP contribution in [0, 0.1) is 0 Å². The monoisotopic (exact) mass is 265 g/mol. The van der Waals surface area contributed by atoms with E-state index in [1.54, 1.807) is 0 Å². The van der Waals surface area contributed by atoms with Gasteiger partial charge in [0, 0.05) is 32.2 Å². The first-order valence-electron chi connectivity index (χ1n) is 8.11. The van der Waals surface area contributed by atoms with Crippen molar-refractivity contribution in [3.8, 4) is 0 Å². The highest BCUT2D eigenvalue weighted by atomic mass is 16.2. The third-order valence-corrected chi connectivity index (χ3v) is 5.04. The molecule has 0 bridgehead atoms. The van der Waals surface area contributed by atoms with E-state index in [0.29, 0.717) is 5.91 Å². The standard InChI is InChI=1S/C15H27N3O/c19-15(14-7-3-8-16-14)18-10-4-9-17(11-12-18)13-5-1-2-6-13/h13-14,16H,1-12H2. The molecule has 0 aromatic heterocycles. The van der Waals surface area contributed by atoms with Crippen molar-refractivity contribution in [3.05, 3.63) is 0 Å². The lowest BCUT2D eigenvalue weighted by Gasteiger charge is -2.28. The van der Waals surface area contributed by atoms with Crippen LogP contribution < -0.4 is 5.32 Å². The summed E-state index contributed by atoms with van der Waals surface area (Å²) in [7, 11) is 0. The molecule has 0 aromatic carbocycles. The highest BCUT2D eigenvalue weighted by molar-refractivity contribution is 5.82. The van der Waals surface area contributed by atoms with Gasteiger partial charge in [-0.15, -0.1) is 0 Å². The largest absolute Gasteiger partial charge is 0.340 e. The Kier molecular flexibility index (Phi) is 4.38. The van der Waals surface area contributed by atoms with E-state index in [1.807, 2.05) is 0 Å². The predicted molar refractivity (Wildman–Crippen MR) is 76.1 cm³/mol. The quantitative estimate of drug-likeness (QED) is 0.815. The van der Waals surface area contributed by atoms with E-state index in [2.05, 4.69) is 15.1 Å². The molecular weight excluding hydrogens is 238 g/mol. The van der Waals surface area contributed by atoms with Gasteiger partial charge in [0.2, 0.25) is 5.91 Å². The Balaban J connectivity index is 1.53. The Hall–Kier alpha value is -0.610. The van der Waals surface area contributed by atoms with Gasteiger partial charge in [-0.25, -0.2) is 0 Å². The van der Waals surface area contributed by atoms with Crippen LogP contribution in [0.25, 0.3) is 0 Å². The van der Waals surface area contributed by atoms with Crippen LogP contribution in [-0.4, -0.2) is 60.5 Å². The Morgan fingerprint density at radius 2 is 1.74 bits per heavy atom. The molecule has 1 unspecified atom stereocenters. The zero-order valence-electron chi connectivity index (χ0n) is 11.9. The first kappa shape index (κ1) is 13.4. The average Bonchev–Trinajstić information content (AvgIpc) is 3.08. The van der Waals surface area contributed by atoms with Gasteiger partial charge in [-0.05, 0) is 38.6 Å². The maximum absolute atomic E-state index is 12.4. The van der Waals surface area contributed by atoms with E-state index in [-0.39, 0.29) is 6.04 Å². The van der Waals surface area contributed by atoms with Crippen molar-refractivity contribution in [2.75, 3.05) is 32.7 Å². The molecule has 2 aliphatic heterocycles. The summed E-state index contributed by atoms with van der Waals surface area (Å²) >= 11 is 0. The Morgan fingerprint density at radius 1 is 0.895 bits per heavy atom. The number of carbonyl (C=O) groups excluding carboxylic acids is 1. The smallest absolute Gasteiger partial charge is 0.239 e. The molecule has 3 fully saturated rings. The van der Waals surface area contributed by atoms with Crippen LogP contribution in [0.15, 0.2) is 0 Å². The fourth-order valence-electron chi connectivity index (χ4n) is 3.91. The van der Waals surface area contributed by atoms with Crippen LogP contribution in [0.3, 0.4) is 0 Å². The molecule has 1 N–H and O–H groups in total. The van der Waals surface area contributed by atoms with E-state index < -0.39 is 0 Å². The molecule has 108 valence electrons. The van der Waals surface area contributed by atoms with E-state index in [1.165, 1.54) is 32.2 Å². The fraction of sp³-hybridized carbons (Fsp3) is 0.933. The van der Waals surface area contributed by atoms with Crippen molar-refractivity contribution in [1.29, 1.82) is 0 Å². The van der Waals surface area contributed by atoms with Gasteiger partial charge < -0.3 is 10.2 Å². The van der Waals surface area contributed by atoms with Crippen LogP contribution in [0.1, 0.15) is 44.9 Å². The van der Waals surface area contributed by atoms with Crippen molar-refractivity contribution >= 4 is 5.91 Å². The summed E-state index contributed by atoms with van der Waals surface area (Å²) < 4.78 is 0. The normalized spacial score (nSPS) is 30.7. The van der Waals surface area contributed by atoms with E-state index in [0.717, 1.165) is 51.5 Å².